The summed E-state index contributed by atoms with van der Waals surface area (Å²) in [5.74, 6) is 0.847. The minimum Gasteiger partial charge on any atom is -0.497 e. The number of methoxy groups -OCH3 is 1. The van der Waals surface area contributed by atoms with Crippen LogP contribution in [-0.2, 0) is 11.2 Å². The highest BCUT2D eigenvalue weighted by Gasteiger charge is 2.23. The molecule has 0 aromatic heterocycles. The summed E-state index contributed by atoms with van der Waals surface area (Å²) in [6, 6.07) is 7.52. The maximum absolute atomic E-state index is 12.4. The molecule has 0 spiro atoms. The fraction of sp³-hybridized carbons (Fsp3) is 0.529. The molecule has 1 N–H and O–H groups in total. The van der Waals surface area contributed by atoms with Gasteiger partial charge in [0.05, 0.1) is 13.5 Å². The Bertz CT molecular complexity index is 540. The Labute approximate surface area is 137 Å². The molecule has 0 radical (unpaired) electrons. The maximum Gasteiger partial charge on any atom is 0.317 e. The van der Waals surface area contributed by atoms with Crippen molar-refractivity contribution in [2.24, 2.45) is 0 Å². The molecule has 3 amide bonds. The number of nitrogens with zero attached hydrogens (tertiary/aromatic N) is 2. The minimum atomic E-state index is -0.0354. The molecule has 1 aromatic carbocycles. The lowest BCUT2D eigenvalue weighted by Crippen LogP contribution is -2.53. The quantitative estimate of drug-likeness (QED) is 0.895. The van der Waals surface area contributed by atoms with E-state index in [0.717, 1.165) is 17.7 Å². The predicted octanol–water partition coefficient (Wildman–Crippen LogP) is 1.50. The number of rotatable bonds is 5. The van der Waals surface area contributed by atoms with Crippen molar-refractivity contribution in [3.8, 4) is 5.75 Å². The predicted molar refractivity (Wildman–Crippen MR) is 88.5 cm³/mol. The number of piperazine rings is 1. The van der Waals surface area contributed by atoms with E-state index in [1.54, 1.807) is 12.0 Å². The molecule has 1 aromatic rings. The van der Waals surface area contributed by atoms with E-state index in [2.05, 4.69) is 5.32 Å². The molecular formula is C17H25N3O3. The van der Waals surface area contributed by atoms with Crippen LogP contribution >= 0.6 is 0 Å². The van der Waals surface area contributed by atoms with Crippen LogP contribution in [0.15, 0.2) is 24.3 Å². The number of urea groups is 1. The molecule has 0 atom stereocenters. The second kappa shape index (κ2) is 8.41. The first-order chi connectivity index (χ1) is 11.1. The fourth-order valence-electron chi connectivity index (χ4n) is 2.57. The summed E-state index contributed by atoms with van der Waals surface area (Å²) in [5, 5.41) is 2.87. The topological polar surface area (TPSA) is 61.9 Å². The van der Waals surface area contributed by atoms with E-state index in [4.69, 9.17) is 4.74 Å². The number of carbonyl (C=O) groups is 2. The molecule has 1 aliphatic heterocycles. The lowest BCUT2D eigenvalue weighted by atomic mass is 10.1. The van der Waals surface area contributed by atoms with E-state index in [1.807, 2.05) is 36.1 Å². The molecule has 1 saturated heterocycles. The van der Waals surface area contributed by atoms with E-state index >= 15 is 0 Å². The molecule has 6 nitrogen and oxygen atoms in total. The van der Waals surface area contributed by atoms with Crippen molar-refractivity contribution in [1.29, 1.82) is 0 Å². The van der Waals surface area contributed by atoms with Gasteiger partial charge in [-0.05, 0) is 24.1 Å². The number of nitrogens with one attached hydrogen (secondary N) is 1. The highest BCUT2D eigenvalue weighted by molar-refractivity contribution is 5.79. The third-order valence-corrected chi connectivity index (χ3v) is 3.94. The third-order valence-electron chi connectivity index (χ3n) is 3.94. The average molecular weight is 319 g/mol. The van der Waals surface area contributed by atoms with Crippen LogP contribution in [0.2, 0.25) is 0 Å². The summed E-state index contributed by atoms with van der Waals surface area (Å²) in [7, 11) is 1.61. The molecule has 0 bridgehead atoms. The first-order valence-corrected chi connectivity index (χ1v) is 8.07. The zero-order chi connectivity index (χ0) is 16.7. The van der Waals surface area contributed by atoms with Gasteiger partial charge in [-0.15, -0.1) is 0 Å². The van der Waals surface area contributed by atoms with Gasteiger partial charge in [-0.2, -0.15) is 0 Å². The Kier molecular flexibility index (Phi) is 6.26. The van der Waals surface area contributed by atoms with Crippen LogP contribution in [0.4, 0.5) is 4.79 Å². The van der Waals surface area contributed by atoms with Gasteiger partial charge in [0.1, 0.15) is 5.75 Å². The van der Waals surface area contributed by atoms with Crippen molar-refractivity contribution in [1.82, 2.24) is 15.1 Å². The summed E-state index contributed by atoms with van der Waals surface area (Å²) in [6.07, 6.45) is 1.28. The average Bonchev–Trinajstić information content (AvgIpc) is 2.60. The Morgan fingerprint density at radius 3 is 2.52 bits per heavy atom. The van der Waals surface area contributed by atoms with E-state index < -0.39 is 0 Å². The van der Waals surface area contributed by atoms with Gasteiger partial charge in [0.25, 0.3) is 0 Å². The van der Waals surface area contributed by atoms with Crippen molar-refractivity contribution < 1.29 is 14.3 Å². The molecule has 6 heteroatoms. The van der Waals surface area contributed by atoms with E-state index in [9.17, 15) is 9.59 Å². The molecule has 2 rings (SSSR count). The molecule has 0 unspecified atom stereocenters. The van der Waals surface area contributed by atoms with Crippen molar-refractivity contribution >= 4 is 11.9 Å². The van der Waals surface area contributed by atoms with Crippen LogP contribution in [0, 0.1) is 0 Å². The number of hydrogen-bond acceptors (Lipinski definition) is 3. The van der Waals surface area contributed by atoms with Gasteiger partial charge in [0, 0.05) is 32.7 Å². The van der Waals surface area contributed by atoms with E-state index in [-0.39, 0.29) is 11.9 Å². The van der Waals surface area contributed by atoms with Crippen LogP contribution in [0.1, 0.15) is 18.9 Å². The van der Waals surface area contributed by atoms with Gasteiger partial charge >= 0.3 is 6.03 Å². The van der Waals surface area contributed by atoms with Crippen molar-refractivity contribution in [2.45, 2.75) is 19.8 Å². The normalized spacial score (nSPS) is 14.5. The van der Waals surface area contributed by atoms with Crippen molar-refractivity contribution in [3.05, 3.63) is 29.8 Å². The standard InChI is InChI=1S/C17H25N3O3/c1-3-7-18-17(22)20-10-8-19(9-11-20)16(21)13-14-5-4-6-15(12-14)23-2/h4-6,12H,3,7-11,13H2,1-2H3,(H,18,22). The van der Waals surface area contributed by atoms with E-state index in [1.165, 1.54) is 0 Å². The van der Waals surface area contributed by atoms with E-state index in [0.29, 0.717) is 39.1 Å². The summed E-state index contributed by atoms with van der Waals surface area (Å²) >= 11 is 0. The Morgan fingerprint density at radius 2 is 1.87 bits per heavy atom. The van der Waals surface area contributed by atoms with Gasteiger partial charge in [-0.1, -0.05) is 19.1 Å². The highest BCUT2D eigenvalue weighted by atomic mass is 16.5. The highest BCUT2D eigenvalue weighted by Crippen LogP contribution is 2.14. The number of benzene rings is 1. The number of amides is 3. The summed E-state index contributed by atoms with van der Waals surface area (Å²) in [4.78, 5) is 27.9. The first kappa shape index (κ1) is 17.1. The molecule has 0 saturated carbocycles. The minimum absolute atomic E-state index is 0.0354. The summed E-state index contributed by atoms with van der Waals surface area (Å²) < 4.78 is 5.18. The molecule has 1 heterocycles. The van der Waals surface area contributed by atoms with Crippen LogP contribution in [0.25, 0.3) is 0 Å². The largest absolute Gasteiger partial charge is 0.497 e. The Balaban J connectivity index is 1.82. The van der Waals surface area contributed by atoms with Gasteiger partial charge in [-0.3, -0.25) is 4.79 Å². The van der Waals surface area contributed by atoms with Gasteiger partial charge < -0.3 is 19.9 Å². The zero-order valence-corrected chi connectivity index (χ0v) is 13.9. The lowest BCUT2D eigenvalue weighted by molar-refractivity contribution is -0.131. The number of hydrogen-bond donors (Lipinski definition) is 1. The van der Waals surface area contributed by atoms with Crippen LogP contribution in [-0.4, -0.2) is 61.6 Å². The number of carbonyl (C=O) groups excluding carboxylic acids is 2. The molecule has 1 fully saturated rings. The molecule has 0 aliphatic carbocycles. The zero-order valence-electron chi connectivity index (χ0n) is 13.9. The smallest absolute Gasteiger partial charge is 0.317 e. The van der Waals surface area contributed by atoms with Crippen molar-refractivity contribution in [2.75, 3.05) is 39.8 Å². The molecule has 23 heavy (non-hydrogen) atoms. The SMILES string of the molecule is CCCNC(=O)N1CCN(C(=O)Cc2cccc(OC)c2)CC1. The second-order valence-corrected chi connectivity index (χ2v) is 5.63. The first-order valence-electron chi connectivity index (χ1n) is 8.07. The van der Waals surface area contributed by atoms with Gasteiger partial charge in [0.2, 0.25) is 5.91 Å². The molecule has 1 aliphatic rings. The van der Waals surface area contributed by atoms with Crippen LogP contribution in [0.5, 0.6) is 5.75 Å². The Morgan fingerprint density at radius 1 is 1.17 bits per heavy atom. The molecular weight excluding hydrogens is 294 g/mol. The summed E-state index contributed by atoms with van der Waals surface area (Å²) in [5.41, 5.74) is 0.942. The van der Waals surface area contributed by atoms with Gasteiger partial charge in [-0.25, -0.2) is 4.79 Å². The lowest BCUT2D eigenvalue weighted by Gasteiger charge is -2.34. The maximum atomic E-state index is 12.4. The van der Waals surface area contributed by atoms with Gasteiger partial charge in [0.15, 0.2) is 0 Å². The third kappa shape index (κ3) is 4.87. The monoisotopic (exact) mass is 319 g/mol. The van der Waals surface area contributed by atoms with Crippen LogP contribution < -0.4 is 10.1 Å². The van der Waals surface area contributed by atoms with Crippen molar-refractivity contribution in [3.63, 3.8) is 0 Å². The molecule has 126 valence electrons. The van der Waals surface area contributed by atoms with Crippen LogP contribution in [0.3, 0.4) is 0 Å². The fourth-order valence-corrected chi connectivity index (χ4v) is 2.57. The number of ether oxygens (including phenoxy) is 1. The Hall–Kier alpha value is -2.24. The summed E-state index contributed by atoms with van der Waals surface area (Å²) in [6.45, 7) is 5.05. The second-order valence-electron chi connectivity index (χ2n) is 5.63.